The van der Waals surface area contributed by atoms with Crippen LogP contribution in [0, 0.1) is 16.0 Å². The lowest BCUT2D eigenvalue weighted by Crippen LogP contribution is -2.44. The molecule has 0 bridgehead atoms. The summed E-state index contributed by atoms with van der Waals surface area (Å²) in [6.07, 6.45) is 0.405. The Hall–Kier alpha value is -2.62. The van der Waals surface area contributed by atoms with Gasteiger partial charge >= 0.3 is 11.9 Å². The standard InChI is InChI=1S/C17H22N2O7S/c1-11(2)8-14(17(22)25-3)18-15(20)9-26-16(21)10-27-13-6-4-12(5-7-13)19(23)24/h4-7,11,14H,8-10H2,1-3H3,(H,18,20)/t14-/m0/s1. The molecule has 1 amide bonds. The highest BCUT2D eigenvalue weighted by atomic mass is 32.2. The van der Waals surface area contributed by atoms with Gasteiger partial charge in [0.25, 0.3) is 11.6 Å². The second-order valence-corrected chi connectivity index (χ2v) is 7.02. The third kappa shape index (κ3) is 8.54. The number of ether oxygens (including phenoxy) is 2. The number of nitro groups is 1. The number of carbonyl (C=O) groups is 3. The molecule has 0 aliphatic rings. The van der Waals surface area contributed by atoms with E-state index in [1.54, 1.807) is 0 Å². The van der Waals surface area contributed by atoms with Gasteiger partial charge in [-0.3, -0.25) is 19.7 Å². The number of hydrogen-bond acceptors (Lipinski definition) is 8. The van der Waals surface area contributed by atoms with Crippen LogP contribution in [0.25, 0.3) is 0 Å². The van der Waals surface area contributed by atoms with E-state index in [9.17, 15) is 24.5 Å². The first-order valence-electron chi connectivity index (χ1n) is 8.13. The Morgan fingerprint density at radius 2 is 1.85 bits per heavy atom. The number of rotatable bonds is 10. The molecule has 10 heteroatoms. The molecule has 0 aliphatic carbocycles. The molecule has 0 aliphatic heterocycles. The SMILES string of the molecule is COC(=O)[C@H](CC(C)C)NC(=O)COC(=O)CSc1ccc([N+](=O)[O-])cc1. The highest BCUT2D eigenvalue weighted by Crippen LogP contribution is 2.21. The van der Waals surface area contributed by atoms with Gasteiger partial charge in [-0.05, 0) is 24.5 Å². The van der Waals surface area contributed by atoms with Gasteiger partial charge in [-0.2, -0.15) is 0 Å². The van der Waals surface area contributed by atoms with E-state index in [-0.39, 0.29) is 17.4 Å². The van der Waals surface area contributed by atoms with Crippen molar-refractivity contribution in [2.24, 2.45) is 5.92 Å². The number of benzene rings is 1. The van der Waals surface area contributed by atoms with Crippen LogP contribution in [0.1, 0.15) is 20.3 Å². The highest BCUT2D eigenvalue weighted by molar-refractivity contribution is 8.00. The fourth-order valence-corrected chi connectivity index (χ4v) is 2.75. The van der Waals surface area contributed by atoms with Crippen LogP contribution in [-0.2, 0) is 23.9 Å². The van der Waals surface area contributed by atoms with Crippen LogP contribution in [0.3, 0.4) is 0 Å². The molecule has 1 rings (SSSR count). The zero-order valence-electron chi connectivity index (χ0n) is 15.3. The lowest BCUT2D eigenvalue weighted by molar-refractivity contribution is -0.384. The Kier molecular flexibility index (Phi) is 9.27. The minimum Gasteiger partial charge on any atom is -0.467 e. The number of nitrogens with zero attached hydrogens (tertiary/aromatic N) is 1. The Bertz CT molecular complexity index is 676. The van der Waals surface area contributed by atoms with Gasteiger partial charge in [0.05, 0.1) is 17.8 Å². The van der Waals surface area contributed by atoms with Crippen molar-refractivity contribution in [1.29, 1.82) is 0 Å². The van der Waals surface area contributed by atoms with Gasteiger partial charge in [-0.1, -0.05) is 13.8 Å². The van der Waals surface area contributed by atoms with Gasteiger partial charge in [0, 0.05) is 17.0 Å². The third-order valence-corrected chi connectivity index (χ3v) is 4.28. The van der Waals surface area contributed by atoms with E-state index in [0.29, 0.717) is 11.3 Å². The number of thioether (sulfide) groups is 1. The molecule has 148 valence electrons. The van der Waals surface area contributed by atoms with Crippen molar-refractivity contribution < 1.29 is 28.8 Å². The van der Waals surface area contributed by atoms with Crippen LogP contribution in [0.4, 0.5) is 5.69 Å². The molecular weight excluding hydrogens is 376 g/mol. The van der Waals surface area contributed by atoms with E-state index in [1.165, 1.54) is 31.4 Å². The van der Waals surface area contributed by atoms with Crippen molar-refractivity contribution in [3.05, 3.63) is 34.4 Å². The molecule has 0 fully saturated rings. The summed E-state index contributed by atoms with van der Waals surface area (Å²) in [4.78, 5) is 46.0. The Morgan fingerprint density at radius 1 is 1.22 bits per heavy atom. The molecule has 0 saturated carbocycles. The average Bonchev–Trinajstić information content (AvgIpc) is 2.63. The van der Waals surface area contributed by atoms with Crippen LogP contribution in [-0.4, -0.2) is 48.3 Å². The predicted molar refractivity (Wildman–Crippen MR) is 98.2 cm³/mol. The first kappa shape index (κ1) is 22.4. The number of hydrogen-bond donors (Lipinski definition) is 1. The van der Waals surface area contributed by atoms with E-state index in [1.807, 2.05) is 13.8 Å². The van der Waals surface area contributed by atoms with Crippen molar-refractivity contribution in [2.75, 3.05) is 19.5 Å². The second kappa shape index (κ2) is 11.2. The van der Waals surface area contributed by atoms with Crippen molar-refractivity contribution in [3.8, 4) is 0 Å². The molecule has 1 aromatic rings. The molecule has 0 heterocycles. The topological polar surface area (TPSA) is 125 Å². The molecule has 0 saturated heterocycles. The number of amides is 1. The van der Waals surface area contributed by atoms with E-state index in [0.717, 1.165) is 11.8 Å². The maximum atomic E-state index is 11.9. The predicted octanol–water partition coefficient (Wildman–Crippen LogP) is 1.93. The van der Waals surface area contributed by atoms with Gasteiger partial charge in [0.15, 0.2) is 6.61 Å². The lowest BCUT2D eigenvalue weighted by Gasteiger charge is -2.18. The summed E-state index contributed by atoms with van der Waals surface area (Å²) in [6, 6.07) is 4.92. The van der Waals surface area contributed by atoms with E-state index in [4.69, 9.17) is 4.74 Å². The van der Waals surface area contributed by atoms with E-state index < -0.39 is 35.4 Å². The van der Waals surface area contributed by atoms with Crippen LogP contribution >= 0.6 is 11.8 Å². The van der Waals surface area contributed by atoms with Crippen molar-refractivity contribution >= 4 is 35.3 Å². The molecule has 1 N–H and O–H groups in total. The molecule has 0 unspecified atom stereocenters. The molecular formula is C17H22N2O7S. The Labute approximate surface area is 160 Å². The molecule has 0 spiro atoms. The zero-order valence-corrected chi connectivity index (χ0v) is 16.1. The summed E-state index contributed by atoms with van der Waals surface area (Å²) >= 11 is 1.13. The maximum Gasteiger partial charge on any atom is 0.328 e. The molecule has 9 nitrogen and oxygen atoms in total. The van der Waals surface area contributed by atoms with Crippen LogP contribution in [0.15, 0.2) is 29.2 Å². The van der Waals surface area contributed by atoms with E-state index in [2.05, 4.69) is 10.1 Å². The average molecular weight is 398 g/mol. The first-order valence-corrected chi connectivity index (χ1v) is 9.11. The monoisotopic (exact) mass is 398 g/mol. The normalized spacial score (nSPS) is 11.6. The number of non-ortho nitro benzene ring substituents is 1. The van der Waals surface area contributed by atoms with Crippen molar-refractivity contribution in [3.63, 3.8) is 0 Å². The second-order valence-electron chi connectivity index (χ2n) is 5.97. The maximum absolute atomic E-state index is 11.9. The van der Waals surface area contributed by atoms with Crippen LogP contribution < -0.4 is 5.32 Å². The zero-order chi connectivity index (χ0) is 20.4. The molecule has 1 aromatic carbocycles. The number of esters is 2. The van der Waals surface area contributed by atoms with Gasteiger partial charge < -0.3 is 14.8 Å². The minimum absolute atomic E-state index is 0.0415. The summed E-state index contributed by atoms with van der Waals surface area (Å²) < 4.78 is 9.52. The molecule has 0 aromatic heterocycles. The highest BCUT2D eigenvalue weighted by Gasteiger charge is 2.23. The smallest absolute Gasteiger partial charge is 0.328 e. The fraction of sp³-hybridized carbons (Fsp3) is 0.471. The summed E-state index contributed by atoms with van der Waals surface area (Å²) in [6.45, 7) is 3.29. The van der Waals surface area contributed by atoms with Gasteiger partial charge in [0.2, 0.25) is 0 Å². The number of carbonyl (C=O) groups excluding carboxylic acids is 3. The minimum atomic E-state index is -0.796. The lowest BCUT2D eigenvalue weighted by atomic mass is 10.0. The quantitative estimate of drug-likeness (QED) is 0.274. The summed E-state index contributed by atoms with van der Waals surface area (Å²) in [5.74, 6) is -1.67. The Balaban J connectivity index is 2.40. The number of methoxy groups -OCH3 is 1. The van der Waals surface area contributed by atoms with Crippen molar-refractivity contribution in [2.45, 2.75) is 31.2 Å². The summed E-state index contributed by atoms with van der Waals surface area (Å²) in [7, 11) is 1.23. The largest absolute Gasteiger partial charge is 0.467 e. The van der Waals surface area contributed by atoms with E-state index >= 15 is 0 Å². The van der Waals surface area contributed by atoms with Gasteiger partial charge in [-0.15, -0.1) is 11.8 Å². The molecule has 27 heavy (non-hydrogen) atoms. The molecule has 0 radical (unpaired) electrons. The number of nitrogens with one attached hydrogen (secondary N) is 1. The third-order valence-electron chi connectivity index (χ3n) is 3.30. The summed E-state index contributed by atoms with van der Waals surface area (Å²) in [5.41, 5.74) is -0.0415. The van der Waals surface area contributed by atoms with Crippen molar-refractivity contribution in [1.82, 2.24) is 5.32 Å². The van der Waals surface area contributed by atoms with Gasteiger partial charge in [-0.25, -0.2) is 4.79 Å². The summed E-state index contributed by atoms with van der Waals surface area (Å²) in [5, 5.41) is 13.1. The van der Waals surface area contributed by atoms with Crippen LogP contribution in [0.2, 0.25) is 0 Å². The van der Waals surface area contributed by atoms with Gasteiger partial charge in [0.1, 0.15) is 6.04 Å². The Morgan fingerprint density at radius 3 is 2.37 bits per heavy atom. The molecule has 1 atom stereocenters. The first-order chi connectivity index (χ1) is 12.7. The number of nitro benzene ring substituents is 1. The fourth-order valence-electron chi connectivity index (χ4n) is 2.06. The van der Waals surface area contributed by atoms with Crippen LogP contribution in [0.5, 0.6) is 0 Å².